The Morgan fingerprint density at radius 1 is 0.880 bits per heavy atom. The van der Waals surface area contributed by atoms with Gasteiger partial charge >= 0.3 is 0 Å². The van der Waals surface area contributed by atoms with E-state index in [4.69, 9.17) is 4.74 Å². The third-order valence-corrected chi connectivity index (χ3v) is 4.80. The SMILES string of the molecule is CC(C)c1ccc2c(ccn2CCOc2cccc3ccccc23)c1. The molecule has 3 aromatic carbocycles. The van der Waals surface area contributed by atoms with Gasteiger partial charge in [-0.1, -0.05) is 56.3 Å². The maximum atomic E-state index is 6.08. The van der Waals surface area contributed by atoms with Gasteiger partial charge in [0.15, 0.2) is 0 Å². The van der Waals surface area contributed by atoms with Crippen molar-refractivity contribution in [2.45, 2.75) is 26.3 Å². The van der Waals surface area contributed by atoms with Gasteiger partial charge in [0.1, 0.15) is 12.4 Å². The summed E-state index contributed by atoms with van der Waals surface area (Å²) >= 11 is 0. The van der Waals surface area contributed by atoms with E-state index in [1.807, 2.05) is 6.07 Å². The summed E-state index contributed by atoms with van der Waals surface area (Å²) in [7, 11) is 0. The van der Waals surface area contributed by atoms with E-state index in [2.05, 4.69) is 85.3 Å². The Morgan fingerprint density at radius 3 is 2.60 bits per heavy atom. The summed E-state index contributed by atoms with van der Waals surface area (Å²) in [6.07, 6.45) is 2.15. The van der Waals surface area contributed by atoms with Gasteiger partial charge in [0, 0.05) is 17.1 Å². The molecule has 0 atom stereocenters. The molecule has 0 aliphatic carbocycles. The molecule has 0 radical (unpaired) electrons. The van der Waals surface area contributed by atoms with Crippen molar-refractivity contribution in [1.82, 2.24) is 4.57 Å². The largest absolute Gasteiger partial charge is 0.491 e. The molecular formula is C23H23NO. The fourth-order valence-corrected chi connectivity index (χ4v) is 3.35. The Kier molecular flexibility index (Phi) is 4.19. The van der Waals surface area contributed by atoms with E-state index in [0.717, 1.165) is 12.3 Å². The van der Waals surface area contributed by atoms with Gasteiger partial charge in [0.25, 0.3) is 0 Å². The van der Waals surface area contributed by atoms with Crippen LogP contribution in [0.2, 0.25) is 0 Å². The monoisotopic (exact) mass is 329 g/mol. The Hall–Kier alpha value is -2.74. The minimum absolute atomic E-state index is 0.558. The highest BCUT2D eigenvalue weighted by atomic mass is 16.5. The Labute approximate surface area is 148 Å². The average molecular weight is 329 g/mol. The van der Waals surface area contributed by atoms with Gasteiger partial charge < -0.3 is 9.30 Å². The smallest absolute Gasteiger partial charge is 0.127 e. The standard InChI is InChI=1S/C23H23NO/c1-17(2)19-10-11-22-20(16-19)12-13-24(22)14-15-25-23-9-5-7-18-6-3-4-8-21(18)23/h3-13,16-17H,14-15H2,1-2H3. The maximum Gasteiger partial charge on any atom is 0.127 e. The van der Waals surface area contributed by atoms with Crippen LogP contribution in [-0.2, 0) is 6.54 Å². The van der Waals surface area contributed by atoms with Crippen molar-refractivity contribution in [3.63, 3.8) is 0 Å². The fraction of sp³-hybridized carbons (Fsp3) is 0.217. The van der Waals surface area contributed by atoms with E-state index in [9.17, 15) is 0 Å². The van der Waals surface area contributed by atoms with E-state index < -0.39 is 0 Å². The zero-order valence-electron chi connectivity index (χ0n) is 14.8. The maximum absolute atomic E-state index is 6.08. The van der Waals surface area contributed by atoms with Crippen LogP contribution in [0.25, 0.3) is 21.7 Å². The lowest BCUT2D eigenvalue weighted by atomic mass is 10.0. The van der Waals surface area contributed by atoms with Crippen molar-refractivity contribution in [2.24, 2.45) is 0 Å². The van der Waals surface area contributed by atoms with Crippen LogP contribution in [0.15, 0.2) is 72.9 Å². The Bertz CT molecular complexity index is 1010. The molecule has 0 saturated carbocycles. The van der Waals surface area contributed by atoms with Gasteiger partial charge in [-0.05, 0) is 46.5 Å². The van der Waals surface area contributed by atoms with E-state index in [1.54, 1.807) is 0 Å². The molecule has 126 valence electrons. The highest BCUT2D eigenvalue weighted by Gasteiger charge is 2.06. The van der Waals surface area contributed by atoms with Crippen molar-refractivity contribution >= 4 is 21.7 Å². The molecule has 0 bridgehead atoms. The summed E-state index contributed by atoms with van der Waals surface area (Å²) in [5.41, 5.74) is 2.66. The van der Waals surface area contributed by atoms with Crippen LogP contribution in [-0.4, -0.2) is 11.2 Å². The molecule has 25 heavy (non-hydrogen) atoms. The molecule has 0 aliphatic rings. The number of aromatic nitrogens is 1. The molecule has 0 spiro atoms. The van der Waals surface area contributed by atoms with Gasteiger partial charge in [-0.15, -0.1) is 0 Å². The summed E-state index contributed by atoms with van der Waals surface area (Å²) in [6.45, 7) is 5.96. The predicted molar refractivity (Wildman–Crippen MR) is 105 cm³/mol. The lowest BCUT2D eigenvalue weighted by Crippen LogP contribution is -2.07. The second kappa shape index (κ2) is 6.64. The fourth-order valence-electron chi connectivity index (χ4n) is 3.35. The number of ether oxygens (including phenoxy) is 1. The molecule has 0 unspecified atom stereocenters. The van der Waals surface area contributed by atoms with Gasteiger partial charge in [-0.25, -0.2) is 0 Å². The van der Waals surface area contributed by atoms with Crippen molar-refractivity contribution in [3.8, 4) is 5.75 Å². The Morgan fingerprint density at radius 2 is 1.72 bits per heavy atom. The quantitative estimate of drug-likeness (QED) is 0.438. The number of hydrogen-bond donors (Lipinski definition) is 0. The predicted octanol–water partition coefficient (Wildman–Crippen LogP) is 6.00. The first-order chi connectivity index (χ1) is 12.2. The van der Waals surface area contributed by atoms with Gasteiger partial charge in [-0.3, -0.25) is 0 Å². The van der Waals surface area contributed by atoms with Crippen LogP contribution in [0.4, 0.5) is 0 Å². The van der Waals surface area contributed by atoms with Gasteiger partial charge in [0.05, 0.1) is 6.54 Å². The molecule has 0 fully saturated rings. The molecule has 0 amide bonds. The highest BCUT2D eigenvalue weighted by Crippen LogP contribution is 2.26. The number of hydrogen-bond acceptors (Lipinski definition) is 1. The summed E-state index contributed by atoms with van der Waals surface area (Å²) < 4.78 is 8.35. The first-order valence-electron chi connectivity index (χ1n) is 8.92. The van der Waals surface area contributed by atoms with Crippen molar-refractivity contribution < 1.29 is 4.74 Å². The lowest BCUT2D eigenvalue weighted by Gasteiger charge is -2.11. The number of fused-ring (bicyclic) bond motifs is 2. The normalized spacial score (nSPS) is 11.5. The van der Waals surface area contributed by atoms with Gasteiger partial charge in [-0.2, -0.15) is 0 Å². The van der Waals surface area contributed by atoms with Gasteiger partial charge in [0.2, 0.25) is 0 Å². The molecule has 0 N–H and O–H groups in total. The zero-order valence-corrected chi connectivity index (χ0v) is 14.8. The van der Waals surface area contributed by atoms with Crippen molar-refractivity contribution in [1.29, 1.82) is 0 Å². The molecule has 4 aromatic rings. The second-order valence-corrected chi connectivity index (χ2v) is 6.81. The van der Waals surface area contributed by atoms with E-state index in [0.29, 0.717) is 12.5 Å². The minimum atomic E-state index is 0.558. The second-order valence-electron chi connectivity index (χ2n) is 6.81. The topological polar surface area (TPSA) is 14.2 Å². The van der Waals surface area contributed by atoms with Crippen LogP contribution in [0.1, 0.15) is 25.3 Å². The highest BCUT2D eigenvalue weighted by molar-refractivity contribution is 5.88. The van der Waals surface area contributed by atoms with E-state index in [-0.39, 0.29) is 0 Å². The van der Waals surface area contributed by atoms with Crippen molar-refractivity contribution in [3.05, 3.63) is 78.5 Å². The van der Waals surface area contributed by atoms with Crippen LogP contribution in [0.3, 0.4) is 0 Å². The average Bonchev–Trinajstić information content (AvgIpc) is 3.04. The van der Waals surface area contributed by atoms with E-state index >= 15 is 0 Å². The number of rotatable bonds is 5. The molecule has 2 nitrogen and oxygen atoms in total. The Balaban J connectivity index is 1.51. The summed E-state index contributed by atoms with van der Waals surface area (Å²) in [6, 6.07) is 23.5. The van der Waals surface area contributed by atoms with E-state index in [1.165, 1.54) is 27.2 Å². The molecule has 4 rings (SSSR count). The zero-order chi connectivity index (χ0) is 17.2. The summed E-state index contributed by atoms with van der Waals surface area (Å²) in [5, 5.41) is 3.69. The number of benzene rings is 3. The molecule has 0 saturated heterocycles. The molecular weight excluding hydrogens is 306 g/mol. The first kappa shape index (κ1) is 15.8. The third-order valence-electron chi connectivity index (χ3n) is 4.80. The number of nitrogens with zero attached hydrogens (tertiary/aromatic N) is 1. The van der Waals surface area contributed by atoms with Crippen molar-refractivity contribution in [2.75, 3.05) is 6.61 Å². The molecule has 2 heteroatoms. The first-order valence-corrected chi connectivity index (χ1v) is 8.92. The molecule has 1 heterocycles. The molecule has 0 aliphatic heterocycles. The third kappa shape index (κ3) is 3.12. The molecule has 1 aromatic heterocycles. The lowest BCUT2D eigenvalue weighted by molar-refractivity contribution is 0.304. The van der Waals surface area contributed by atoms with Crippen LogP contribution in [0.5, 0.6) is 5.75 Å². The van der Waals surface area contributed by atoms with Crippen LogP contribution >= 0.6 is 0 Å². The van der Waals surface area contributed by atoms with Crippen LogP contribution < -0.4 is 4.74 Å². The minimum Gasteiger partial charge on any atom is -0.491 e. The summed E-state index contributed by atoms with van der Waals surface area (Å²) in [4.78, 5) is 0. The van der Waals surface area contributed by atoms with Crippen LogP contribution in [0, 0.1) is 0 Å². The summed E-state index contributed by atoms with van der Waals surface area (Å²) in [5.74, 6) is 1.51.